The third-order valence-electron chi connectivity index (χ3n) is 10.3. The molecule has 2 fully saturated rings. The molecule has 1 atom stereocenters. The molecule has 0 aliphatic carbocycles. The number of nitriles is 1. The molecule has 7 rings (SSSR count). The maximum atomic E-state index is 15.0. The topological polar surface area (TPSA) is 148 Å². The van der Waals surface area contributed by atoms with E-state index in [1.807, 2.05) is 18.7 Å². The molecule has 5 aromatic rings. The Kier molecular flexibility index (Phi) is 10.3. The van der Waals surface area contributed by atoms with Gasteiger partial charge < -0.3 is 19.3 Å². The van der Waals surface area contributed by atoms with E-state index in [0.29, 0.717) is 49.4 Å². The van der Waals surface area contributed by atoms with Gasteiger partial charge in [-0.1, -0.05) is 17.7 Å². The summed E-state index contributed by atoms with van der Waals surface area (Å²) < 4.78 is 86.5. The highest BCUT2D eigenvalue weighted by Crippen LogP contribution is 2.42. The van der Waals surface area contributed by atoms with Gasteiger partial charge in [0.05, 0.1) is 52.5 Å². The minimum Gasteiger partial charge on any atom is -0.444 e. The normalized spacial score (nSPS) is 17.2. The van der Waals surface area contributed by atoms with Crippen LogP contribution in [0.25, 0.3) is 33.5 Å². The van der Waals surface area contributed by atoms with E-state index in [9.17, 15) is 18.5 Å². The molecule has 0 N–H and O–H groups in total. The molecule has 0 bridgehead atoms. The Hall–Kier alpha value is -5.47. The predicted molar refractivity (Wildman–Crippen MR) is 206 cm³/mol. The third-order valence-corrected chi connectivity index (χ3v) is 12.0. The highest BCUT2D eigenvalue weighted by atomic mass is 32.2. The number of piperidine rings is 1. The number of carbonyl (C=O) groups is 1. The van der Waals surface area contributed by atoms with Gasteiger partial charge in [0, 0.05) is 48.5 Å². The van der Waals surface area contributed by atoms with Gasteiger partial charge in [-0.25, -0.2) is 27.2 Å². The van der Waals surface area contributed by atoms with Gasteiger partial charge in [0.25, 0.3) is 10.0 Å². The average Bonchev–Trinajstić information content (AvgIpc) is 3.77. The van der Waals surface area contributed by atoms with Crippen molar-refractivity contribution < 1.29 is 35.9 Å². The second-order valence-electron chi connectivity index (χ2n) is 15.5. The predicted octanol–water partition coefficient (Wildman–Crippen LogP) is 7.50. The molecule has 2 aliphatic heterocycles. The molecule has 0 unspecified atom stereocenters. The maximum absolute atomic E-state index is 15.0. The lowest BCUT2D eigenvalue weighted by Gasteiger charge is -2.34. The summed E-state index contributed by atoms with van der Waals surface area (Å²) in [6.45, 7) is 12.3. The average molecular weight is 805 g/mol. The Morgan fingerprint density at radius 2 is 1.70 bits per heavy atom. The minimum atomic E-state index is -4.86. The number of nitrogens with zero attached hydrogens (tertiary/aromatic N) is 8. The number of fused-ring (bicyclic) bond motifs is 1. The zero-order valence-corrected chi connectivity index (χ0v) is 33.3. The summed E-state index contributed by atoms with van der Waals surface area (Å²) in [5, 5.41) is 14.6. The molecule has 13 nitrogen and oxygen atoms in total. The SMILES string of the molecule is Cc1ccc(S(=O)(=O)n2ccc3c(-c4nc(-c5c(C(F)(F)F)nn(C6CCN(C(=O)OC(C)(C)C)CC6)c5C)cc(N5CCOC[C@H]5C)n4)ccc(C#N)c32)cc1. The number of likely N-dealkylation sites (tertiary alicyclic amines) is 1. The number of amides is 1. The molecule has 0 spiro atoms. The zero-order valence-electron chi connectivity index (χ0n) is 32.5. The van der Waals surface area contributed by atoms with Gasteiger partial charge in [0.1, 0.15) is 17.5 Å². The number of aromatic nitrogens is 5. The molecule has 0 saturated carbocycles. The van der Waals surface area contributed by atoms with Crippen LogP contribution in [-0.2, 0) is 25.7 Å². The van der Waals surface area contributed by atoms with E-state index in [1.165, 1.54) is 35.1 Å². The number of anilines is 1. The summed E-state index contributed by atoms with van der Waals surface area (Å²) in [7, 11) is -4.17. The van der Waals surface area contributed by atoms with Crippen molar-refractivity contribution in [2.24, 2.45) is 0 Å². The van der Waals surface area contributed by atoms with Crippen LogP contribution in [0.15, 0.2) is 59.6 Å². The second kappa shape index (κ2) is 14.8. The number of carbonyl (C=O) groups excluding carboxylic acids is 1. The molecular formula is C40H43F3N8O5S. The van der Waals surface area contributed by atoms with Gasteiger partial charge in [0.2, 0.25) is 0 Å². The number of rotatable bonds is 6. The van der Waals surface area contributed by atoms with Crippen LogP contribution in [0.2, 0.25) is 0 Å². The molecule has 2 saturated heterocycles. The van der Waals surface area contributed by atoms with Crippen LogP contribution in [-0.4, -0.2) is 87.6 Å². The van der Waals surface area contributed by atoms with E-state index in [4.69, 9.17) is 19.4 Å². The van der Waals surface area contributed by atoms with Crippen molar-refractivity contribution in [3.05, 3.63) is 77.2 Å². The molecule has 3 aromatic heterocycles. The van der Waals surface area contributed by atoms with Crippen molar-refractivity contribution in [2.45, 2.75) is 83.1 Å². The lowest BCUT2D eigenvalue weighted by atomic mass is 10.0. The van der Waals surface area contributed by atoms with E-state index in [1.54, 1.807) is 56.9 Å². The Labute approximate surface area is 328 Å². The van der Waals surface area contributed by atoms with Crippen molar-refractivity contribution in [3.8, 4) is 28.7 Å². The number of hydrogen-bond acceptors (Lipinski definition) is 10. The van der Waals surface area contributed by atoms with Crippen LogP contribution in [0, 0.1) is 25.2 Å². The van der Waals surface area contributed by atoms with Gasteiger partial charge in [-0.15, -0.1) is 0 Å². The van der Waals surface area contributed by atoms with Crippen molar-refractivity contribution in [3.63, 3.8) is 0 Å². The largest absolute Gasteiger partial charge is 0.444 e. The number of hydrogen-bond donors (Lipinski definition) is 0. The Morgan fingerprint density at radius 3 is 2.33 bits per heavy atom. The van der Waals surface area contributed by atoms with E-state index < -0.39 is 39.6 Å². The van der Waals surface area contributed by atoms with Gasteiger partial charge >= 0.3 is 12.3 Å². The van der Waals surface area contributed by atoms with Crippen LogP contribution in [0.4, 0.5) is 23.8 Å². The van der Waals surface area contributed by atoms with E-state index in [0.717, 1.165) is 9.54 Å². The van der Waals surface area contributed by atoms with Gasteiger partial charge in [-0.3, -0.25) is 4.68 Å². The fraction of sp³-hybridized carbons (Fsp3) is 0.425. The molecule has 2 aromatic carbocycles. The van der Waals surface area contributed by atoms with Gasteiger partial charge in [-0.05, 0) is 84.7 Å². The van der Waals surface area contributed by atoms with E-state index in [2.05, 4.69) is 11.2 Å². The summed E-state index contributed by atoms with van der Waals surface area (Å²) in [6, 6.07) is 13.9. The molecule has 57 heavy (non-hydrogen) atoms. The van der Waals surface area contributed by atoms with Crippen molar-refractivity contribution in [1.82, 2.24) is 28.6 Å². The Bertz CT molecular complexity index is 2490. The number of benzene rings is 2. The van der Waals surface area contributed by atoms with Gasteiger partial charge in [-0.2, -0.15) is 23.5 Å². The first kappa shape index (κ1) is 39.8. The highest BCUT2D eigenvalue weighted by molar-refractivity contribution is 7.90. The summed E-state index contributed by atoms with van der Waals surface area (Å²) in [4.78, 5) is 25.9. The number of alkyl halides is 3. The van der Waals surface area contributed by atoms with Crippen LogP contribution >= 0.6 is 0 Å². The summed E-state index contributed by atoms with van der Waals surface area (Å²) in [6.07, 6.45) is -3.27. The Balaban J connectivity index is 1.37. The van der Waals surface area contributed by atoms with Crippen LogP contribution in [0.5, 0.6) is 0 Å². The molecule has 1 amide bonds. The third kappa shape index (κ3) is 7.67. The first-order valence-electron chi connectivity index (χ1n) is 18.6. The standard InChI is InChI=1S/C40H43F3N8O5S/c1-24-7-10-29(11-8-24)57(53,54)50-18-15-30-31(12-9-27(22-44)35(30)50)37-45-32(21-33(46-37)49-19-20-55-23-25(49)2)34-26(3)51(47-36(34)40(41,42)43)28-13-16-48(17-14-28)38(52)56-39(4,5)6/h7-12,15,18,21,25,28H,13-14,16-17,19-20,23H2,1-6H3/t25-/m1/s1. The van der Waals surface area contributed by atoms with Crippen LogP contribution in [0.1, 0.15) is 69.1 Å². The summed E-state index contributed by atoms with van der Waals surface area (Å²) in [5.74, 6) is 0.382. The van der Waals surface area contributed by atoms with Crippen molar-refractivity contribution in [1.29, 1.82) is 5.26 Å². The lowest BCUT2D eigenvalue weighted by molar-refractivity contribution is -0.141. The number of morpholine rings is 1. The first-order valence-corrected chi connectivity index (χ1v) is 20.1. The van der Waals surface area contributed by atoms with E-state index >= 15 is 13.2 Å². The Morgan fingerprint density at radius 1 is 1.00 bits per heavy atom. The second-order valence-corrected chi connectivity index (χ2v) is 17.3. The molecule has 5 heterocycles. The molecule has 300 valence electrons. The smallest absolute Gasteiger partial charge is 0.435 e. The number of halogens is 3. The summed E-state index contributed by atoms with van der Waals surface area (Å²) in [5.41, 5.74) is -0.461. The van der Waals surface area contributed by atoms with Gasteiger partial charge in [0.15, 0.2) is 11.5 Å². The maximum Gasteiger partial charge on any atom is 0.435 e. The molecule has 2 aliphatic rings. The lowest BCUT2D eigenvalue weighted by Crippen LogP contribution is -2.44. The highest BCUT2D eigenvalue weighted by Gasteiger charge is 2.41. The molecule has 0 radical (unpaired) electrons. The fourth-order valence-corrected chi connectivity index (χ4v) is 8.80. The van der Waals surface area contributed by atoms with Crippen molar-refractivity contribution >= 4 is 32.8 Å². The number of aryl methyl sites for hydroxylation is 1. The monoisotopic (exact) mass is 804 g/mol. The molecule has 17 heteroatoms. The minimum absolute atomic E-state index is 0.0180. The summed E-state index contributed by atoms with van der Waals surface area (Å²) >= 11 is 0. The van der Waals surface area contributed by atoms with Crippen molar-refractivity contribution in [2.75, 3.05) is 37.7 Å². The first-order chi connectivity index (χ1) is 26.9. The van der Waals surface area contributed by atoms with Crippen LogP contribution < -0.4 is 4.90 Å². The number of ether oxygens (including phenoxy) is 2. The van der Waals surface area contributed by atoms with Crippen LogP contribution in [0.3, 0.4) is 0 Å². The zero-order chi connectivity index (χ0) is 41.0. The van der Waals surface area contributed by atoms with E-state index in [-0.39, 0.29) is 57.9 Å². The fourth-order valence-electron chi connectivity index (χ4n) is 7.44. The molecular weight excluding hydrogens is 762 g/mol. The quantitative estimate of drug-likeness (QED) is 0.169.